The molecule has 0 atom stereocenters. The van der Waals surface area contributed by atoms with Gasteiger partial charge >= 0.3 is 30.9 Å². The van der Waals surface area contributed by atoms with Crippen LogP contribution in [0.5, 0.6) is 0 Å². The summed E-state index contributed by atoms with van der Waals surface area (Å²) in [6.07, 6.45) is -26.4. The van der Waals surface area contributed by atoms with E-state index >= 15 is 0 Å². The molecular formula is C30H12F15N5. The summed E-state index contributed by atoms with van der Waals surface area (Å²) >= 11 is 0. The molecule has 0 spiro atoms. The minimum absolute atomic E-state index is 0.327. The van der Waals surface area contributed by atoms with Gasteiger partial charge in [-0.05, 0) is 54.6 Å². The Morgan fingerprint density at radius 1 is 0.480 bits per heavy atom. The smallest absolute Gasteiger partial charge is 0.354 e. The van der Waals surface area contributed by atoms with E-state index < -0.39 is 120 Å². The number of hydrogen-bond donors (Lipinski definition) is 3. The largest absolute Gasteiger partial charge is 0.420 e. The molecule has 0 unspecified atom stereocenters. The Labute approximate surface area is 265 Å². The molecule has 0 saturated heterocycles. The van der Waals surface area contributed by atoms with E-state index in [9.17, 15) is 65.9 Å². The normalized spacial score (nSPS) is 16.5. The monoisotopic (exact) mass is 727 g/mol. The minimum atomic E-state index is -5.53. The number of nitrogens with one attached hydrogen (secondary N) is 3. The van der Waals surface area contributed by atoms with Crippen molar-refractivity contribution in [3.05, 3.63) is 99.0 Å². The van der Waals surface area contributed by atoms with E-state index in [0.29, 0.717) is 59.0 Å². The summed E-state index contributed by atoms with van der Waals surface area (Å²) in [5.41, 5.74) is -17.6. The van der Waals surface area contributed by atoms with Crippen molar-refractivity contribution in [2.75, 3.05) is 0 Å². The van der Waals surface area contributed by atoms with Crippen LogP contribution in [0.2, 0.25) is 0 Å². The van der Waals surface area contributed by atoms with Gasteiger partial charge in [0.15, 0.2) is 0 Å². The summed E-state index contributed by atoms with van der Waals surface area (Å²) in [6.45, 7) is 0. The second-order valence-electron chi connectivity index (χ2n) is 11.0. The third-order valence-corrected chi connectivity index (χ3v) is 7.97. The number of nitrogens with zero attached hydrogens (tertiary/aromatic N) is 2. The van der Waals surface area contributed by atoms with Crippen LogP contribution in [0, 0.1) is 0 Å². The predicted molar refractivity (Wildman–Crippen MR) is 146 cm³/mol. The highest BCUT2D eigenvalue weighted by Crippen LogP contribution is 2.45. The number of aliphatic imine (C=N–C) groups is 1. The molecule has 0 aliphatic carbocycles. The number of H-pyrrole nitrogens is 3. The Bertz CT molecular complexity index is 2510. The van der Waals surface area contributed by atoms with Gasteiger partial charge in [0.05, 0.1) is 61.1 Å². The average Bonchev–Trinajstić information content (AvgIpc) is 3.74. The van der Waals surface area contributed by atoms with E-state index in [1.165, 1.54) is 0 Å². The number of fused-ring (bicyclic) bond motifs is 6. The maximum Gasteiger partial charge on any atom is 0.420 e. The number of alkyl halides is 15. The molecular weight excluding hydrogens is 715 g/mol. The number of aromatic amines is 3. The lowest BCUT2D eigenvalue weighted by Crippen LogP contribution is -2.29. The molecule has 2 aliphatic rings. The van der Waals surface area contributed by atoms with Crippen molar-refractivity contribution >= 4 is 44.6 Å². The van der Waals surface area contributed by atoms with Gasteiger partial charge < -0.3 is 19.4 Å². The SMILES string of the molecule is FC(F)(F)C1=C2C=CC(=N2)C(C(F)(F)F)=c2ccc([nH]2)=C(C(F)(F)F)c2ccc([nH]2)C(C(F)(F)F)=c2cc3c([nH]2)c(C(F)(F)F)c2ccc1n23. The zero-order chi connectivity index (χ0) is 36.5. The zero-order valence-corrected chi connectivity index (χ0v) is 23.8. The molecule has 50 heavy (non-hydrogen) atoms. The van der Waals surface area contributed by atoms with E-state index in [1.54, 1.807) is 0 Å². The summed E-state index contributed by atoms with van der Waals surface area (Å²) in [4.78, 5) is 9.21. The molecule has 20 heteroatoms. The van der Waals surface area contributed by atoms with Crippen molar-refractivity contribution in [2.45, 2.75) is 30.9 Å². The molecule has 7 rings (SSSR count). The standard InChI is InChI=1S/C30H12F15N5/c31-26(32,33)20-10-1-2-11(46-10)21(27(34,35)36)13-5-6-15(48-13)23(29(40,41)42)17-7-8-18-24(30(43,44)45)25-19(50(17)18)9-16(49-25)22(28(37,38)39)14-4-3-12(20)47-14/h1-9,46-47,49H. The lowest BCUT2D eigenvalue weighted by molar-refractivity contribution is -0.135. The maximum atomic E-state index is 14.7. The first kappa shape index (κ1) is 33.2. The van der Waals surface area contributed by atoms with Gasteiger partial charge in [-0.1, -0.05) is 0 Å². The van der Waals surface area contributed by atoms with Gasteiger partial charge in [0.2, 0.25) is 0 Å². The van der Waals surface area contributed by atoms with Gasteiger partial charge in [0, 0.05) is 0 Å². The number of halogens is 15. The van der Waals surface area contributed by atoms with Crippen LogP contribution in [0.3, 0.4) is 0 Å². The first-order valence-electron chi connectivity index (χ1n) is 13.7. The highest BCUT2D eigenvalue weighted by atomic mass is 19.4. The van der Waals surface area contributed by atoms with E-state index in [1.807, 2.05) is 15.0 Å². The Morgan fingerprint density at radius 3 is 1.56 bits per heavy atom. The summed E-state index contributed by atoms with van der Waals surface area (Å²) < 4.78 is 218. The van der Waals surface area contributed by atoms with Gasteiger partial charge in [-0.3, -0.25) is 0 Å². The zero-order valence-electron chi connectivity index (χ0n) is 23.8. The molecule has 0 fully saturated rings. The first-order valence-corrected chi connectivity index (χ1v) is 13.7. The molecule has 0 aromatic carbocycles. The van der Waals surface area contributed by atoms with Crippen molar-refractivity contribution in [2.24, 2.45) is 4.99 Å². The van der Waals surface area contributed by atoms with Crippen LogP contribution < -0.4 is 16.0 Å². The molecule has 7 heterocycles. The molecule has 0 saturated carbocycles. The van der Waals surface area contributed by atoms with Crippen LogP contribution in [-0.2, 0) is 6.18 Å². The molecule has 3 N–H and O–H groups in total. The van der Waals surface area contributed by atoms with Crippen molar-refractivity contribution in [1.29, 1.82) is 0 Å². The van der Waals surface area contributed by atoms with Gasteiger partial charge in [0.1, 0.15) is 27.9 Å². The van der Waals surface area contributed by atoms with Crippen molar-refractivity contribution in [3.63, 3.8) is 0 Å². The van der Waals surface area contributed by atoms with E-state index in [-0.39, 0.29) is 0 Å². The fourth-order valence-electron chi connectivity index (χ4n) is 6.22. The second-order valence-corrected chi connectivity index (χ2v) is 11.0. The summed E-state index contributed by atoms with van der Waals surface area (Å²) in [5, 5.41) is -3.34. The molecule has 5 aromatic rings. The van der Waals surface area contributed by atoms with Crippen molar-refractivity contribution in [1.82, 2.24) is 19.4 Å². The first-order chi connectivity index (χ1) is 23.0. The van der Waals surface area contributed by atoms with Crippen LogP contribution in [0.15, 0.2) is 65.3 Å². The van der Waals surface area contributed by atoms with E-state index in [0.717, 1.165) is 0 Å². The van der Waals surface area contributed by atoms with Crippen LogP contribution in [0.1, 0.15) is 22.6 Å². The number of allylic oxidation sites excluding steroid dienone is 3. The number of hydrogen-bond acceptors (Lipinski definition) is 1. The molecule has 2 aliphatic heterocycles. The van der Waals surface area contributed by atoms with Crippen LogP contribution >= 0.6 is 0 Å². The van der Waals surface area contributed by atoms with Crippen molar-refractivity contribution in [3.8, 4) is 0 Å². The third kappa shape index (κ3) is 5.10. The molecule has 8 bridgehead atoms. The van der Waals surface area contributed by atoms with Crippen LogP contribution in [-0.4, -0.2) is 49.8 Å². The Hall–Kier alpha value is -5.30. The van der Waals surface area contributed by atoms with Gasteiger partial charge in [0.25, 0.3) is 0 Å². The highest BCUT2D eigenvalue weighted by Gasteiger charge is 2.45. The lowest BCUT2D eigenvalue weighted by atomic mass is 10.1. The number of rotatable bonds is 0. The minimum Gasteiger partial charge on any atom is -0.354 e. The topological polar surface area (TPSA) is 64.1 Å². The fourth-order valence-corrected chi connectivity index (χ4v) is 6.22. The lowest BCUT2D eigenvalue weighted by Gasteiger charge is -2.14. The molecule has 0 amide bonds. The number of aromatic nitrogens is 4. The summed E-state index contributed by atoms with van der Waals surface area (Å²) in [7, 11) is 0. The summed E-state index contributed by atoms with van der Waals surface area (Å²) in [6, 6.07) is 3.66. The highest BCUT2D eigenvalue weighted by molar-refractivity contribution is 6.27. The average molecular weight is 727 g/mol. The van der Waals surface area contributed by atoms with Crippen molar-refractivity contribution < 1.29 is 65.9 Å². The third-order valence-electron chi connectivity index (χ3n) is 7.97. The van der Waals surface area contributed by atoms with Gasteiger partial charge in [-0.25, -0.2) is 4.99 Å². The molecule has 5 nitrogen and oxygen atoms in total. The Balaban J connectivity index is 1.74. The molecule has 0 radical (unpaired) electrons. The van der Waals surface area contributed by atoms with Crippen LogP contribution in [0.25, 0.3) is 38.8 Å². The fraction of sp³-hybridized carbons (Fsp3) is 0.167. The Morgan fingerprint density at radius 2 is 1.02 bits per heavy atom. The predicted octanol–water partition coefficient (Wildman–Crippen LogP) is 7.35. The second kappa shape index (κ2) is 10.1. The van der Waals surface area contributed by atoms with E-state index in [4.69, 9.17) is 0 Å². The van der Waals surface area contributed by atoms with Gasteiger partial charge in [-0.15, -0.1) is 0 Å². The quantitative estimate of drug-likeness (QED) is 0.140. The van der Waals surface area contributed by atoms with Gasteiger partial charge in [-0.2, -0.15) is 65.9 Å². The molecule has 5 aromatic heterocycles. The maximum absolute atomic E-state index is 14.7. The Kier molecular flexibility index (Phi) is 6.73. The molecule has 262 valence electrons. The van der Waals surface area contributed by atoms with E-state index in [2.05, 4.69) is 4.99 Å². The van der Waals surface area contributed by atoms with Crippen LogP contribution in [0.4, 0.5) is 65.9 Å². The summed E-state index contributed by atoms with van der Waals surface area (Å²) in [5.74, 6) is 0.